The second-order valence-corrected chi connectivity index (χ2v) is 6.76. The number of aromatic nitrogens is 2. The Morgan fingerprint density at radius 2 is 1.62 bits per heavy atom. The van der Waals surface area contributed by atoms with Gasteiger partial charge in [-0.3, -0.25) is 14.4 Å². The Balaban J connectivity index is 1.48. The molecule has 140 valence electrons. The molecule has 8 nitrogen and oxygen atoms in total. The van der Waals surface area contributed by atoms with Crippen LogP contribution in [-0.2, 0) is 24.0 Å². The van der Waals surface area contributed by atoms with Crippen molar-refractivity contribution in [1.29, 1.82) is 0 Å². The number of carbonyl (C=O) groups excluding carboxylic acids is 4. The van der Waals surface area contributed by atoms with E-state index in [2.05, 4.69) is 9.97 Å². The average molecular weight is 379 g/mol. The van der Waals surface area contributed by atoms with E-state index in [1.807, 2.05) is 0 Å². The highest BCUT2D eigenvalue weighted by atomic mass is 32.2. The van der Waals surface area contributed by atoms with Crippen LogP contribution in [0.4, 0.5) is 0 Å². The van der Waals surface area contributed by atoms with Crippen LogP contribution < -0.4 is 0 Å². The second-order valence-electron chi connectivity index (χ2n) is 5.82. The van der Waals surface area contributed by atoms with Gasteiger partial charge in [-0.15, -0.1) is 5.06 Å². The van der Waals surface area contributed by atoms with Gasteiger partial charge in [0.2, 0.25) is 0 Å². The van der Waals surface area contributed by atoms with Gasteiger partial charge in [-0.1, -0.05) is 24.6 Å². The van der Waals surface area contributed by atoms with E-state index in [1.54, 1.807) is 18.5 Å². The van der Waals surface area contributed by atoms with Crippen molar-refractivity contribution in [2.75, 3.05) is 5.75 Å². The summed E-state index contributed by atoms with van der Waals surface area (Å²) in [5.41, 5.74) is 0. The molecule has 1 aliphatic rings. The van der Waals surface area contributed by atoms with Gasteiger partial charge in [0.25, 0.3) is 11.8 Å². The molecule has 0 aromatic carbocycles. The molecule has 1 saturated heterocycles. The van der Waals surface area contributed by atoms with E-state index in [-0.39, 0.29) is 25.0 Å². The molecular weight excluding hydrogens is 358 g/mol. The molecule has 0 aliphatic carbocycles. The van der Waals surface area contributed by atoms with E-state index < -0.39 is 17.8 Å². The largest absolute Gasteiger partial charge is 0.333 e. The van der Waals surface area contributed by atoms with Crippen LogP contribution in [0.3, 0.4) is 0 Å². The minimum Gasteiger partial charge on any atom is -0.330 e. The first-order valence-electron chi connectivity index (χ1n) is 8.54. The lowest BCUT2D eigenvalue weighted by atomic mass is 10.1. The highest BCUT2D eigenvalue weighted by Crippen LogP contribution is 2.15. The van der Waals surface area contributed by atoms with E-state index in [9.17, 15) is 19.2 Å². The number of hydroxylamine groups is 2. The van der Waals surface area contributed by atoms with Crippen molar-refractivity contribution in [1.82, 2.24) is 15.0 Å². The van der Waals surface area contributed by atoms with Gasteiger partial charge in [0.15, 0.2) is 5.16 Å². The molecule has 0 atom stereocenters. The quantitative estimate of drug-likeness (QED) is 0.249. The van der Waals surface area contributed by atoms with Crippen LogP contribution in [0.25, 0.3) is 0 Å². The Bertz CT molecular complexity index is 637. The van der Waals surface area contributed by atoms with Gasteiger partial charge in [0.05, 0.1) is 5.75 Å². The zero-order valence-electron chi connectivity index (χ0n) is 14.4. The Kier molecular flexibility index (Phi) is 8.20. The summed E-state index contributed by atoms with van der Waals surface area (Å²) in [4.78, 5) is 58.9. The lowest BCUT2D eigenvalue weighted by Gasteiger charge is -2.12. The zero-order valence-corrected chi connectivity index (χ0v) is 15.2. The number of rotatable bonds is 11. The first kappa shape index (κ1) is 20.0. The normalized spacial score (nSPS) is 13.9. The number of carbonyl (C=O) groups is 4. The predicted molar refractivity (Wildman–Crippen MR) is 92.6 cm³/mol. The van der Waals surface area contributed by atoms with Crippen molar-refractivity contribution < 1.29 is 24.0 Å². The van der Waals surface area contributed by atoms with Crippen LogP contribution in [0.2, 0.25) is 0 Å². The number of nitrogens with zero attached hydrogens (tertiary/aromatic N) is 3. The molecule has 0 unspecified atom stereocenters. The number of hydrogen-bond donors (Lipinski definition) is 0. The van der Waals surface area contributed by atoms with Crippen molar-refractivity contribution in [2.45, 2.75) is 56.5 Å². The summed E-state index contributed by atoms with van der Waals surface area (Å²) in [6.07, 6.45) is 7.05. The van der Waals surface area contributed by atoms with Crippen LogP contribution in [0, 0.1) is 0 Å². The molecule has 0 saturated carbocycles. The van der Waals surface area contributed by atoms with Crippen LogP contribution in [0.15, 0.2) is 23.6 Å². The lowest BCUT2D eigenvalue weighted by Crippen LogP contribution is -2.31. The molecule has 0 spiro atoms. The molecule has 2 rings (SSSR count). The molecule has 1 aromatic rings. The van der Waals surface area contributed by atoms with E-state index in [4.69, 9.17) is 4.84 Å². The zero-order chi connectivity index (χ0) is 18.8. The van der Waals surface area contributed by atoms with Crippen LogP contribution in [0.5, 0.6) is 0 Å². The van der Waals surface area contributed by atoms with Gasteiger partial charge in [0, 0.05) is 38.1 Å². The van der Waals surface area contributed by atoms with Gasteiger partial charge in [0.1, 0.15) is 5.78 Å². The van der Waals surface area contributed by atoms with Crippen molar-refractivity contribution >= 4 is 35.3 Å². The molecule has 0 radical (unpaired) electrons. The number of amides is 2. The number of unbranched alkanes of at least 4 members (excludes halogenated alkanes) is 3. The third-order valence-electron chi connectivity index (χ3n) is 3.69. The summed E-state index contributed by atoms with van der Waals surface area (Å²) in [6, 6.07) is 1.72. The number of Topliss-reactive ketones (excluding diaryl/α,β-unsaturated/α-hetero) is 1. The molecule has 2 heterocycles. The Labute approximate surface area is 155 Å². The molecule has 1 aliphatic heterocycles. The summed E-state index contributed by atoms with van der Waals surface area (Å²) in [7, 11) is 0. The Hall–Kier alpha value is -2.29. The standard InChI is InChI=1S/C17H21N3O5S/c21-13(12-26-17-18-10-5-11-19-17)6-3-1-2-4-7-16(24)25-20-14(22)8-9-15(20)23/h5,10-11H,1-4,6-9,12H2. The number of thioether (sulfide) groups is 1. The Morgan fingerprint density at radius 1 is 1.00 bits per heavy atom. The molecule has 1 aromatic heterocycles. The summed E-state index contributed by atoms with van der Waals surface area (Å²) < 4.78 is 0. The minimum atomic E-state index is -0.580. The number of hydrogen-bond acceptors (Lipinski definition) is 8. The molecular formula is C17H21N3O5S. The third kappa shape index (κ3) is 6.91. The van der Waals surface area contributed by atoms with Gasteiger partial charge in [-0.05, 0) is 18.9 Å². The molecule has 2 amide bonds. The summed E-state index contributed by atoms with van der Waals surface area (Å²) >= 11 is 1.32. The van der Waals surface area contributed by atoms with Crippen molar-refractivity contribution in [2.24, 2.45) is 0 Å². The van der Waals surface area contributed by atoms with Gasteiger partial charge < -0.3 is 4.84 Å². The third-order valence-corrected chi connectivity index (χ3v) is 4.63. The van der Waals surface area contributed by atoms with Crippen LogP contribution in [-0.4, -0.2) is 44.4 Å². The van der Waals surface area contributed by atoms with E-state index in [1.165, 1.54) is 11.8 Å². The molecule has 0 N–H and O–H groups in total. The molecule has 26 heavy (non-hydrogen) atoms. The van der Waals surface area contributed by atoms with Crippen molar-refractivity contribution in [3.63, 3.8) is 0 Å². The van der Waals surface area contributed by atoms with Gasteiger partial charge in [-0.2, -0.15) is 0 Å². The lowest BCUT2D eigenvalue weighted by molar-refractivity contribution is -0.197. The van der Waals surface area contributed by atoms with Gasteiger partial charge >= 0.3 is 5.97 Å². The molecule has 9 heteroatoms. The monoisotopic (exact) mass is 379 g/mol. The van der Waals surface area contributed by atoms with Crippen molar-refractivity contribution in [3.05, 3.63) is 18.5 Å². The van der Waals surface area contributed by atoms with Crippen LogP contribution >= 0.6 is 11.8 Å². The Morgan fingerprint density at radius 3 is 2.27 bits per heavy atom. The summed E-state index contributed by atoms with van der Waals surface area (Å²) in [5, 5.41) is 1.16. The maximum absolute atomic E-state index is 11.8. The summed E-state index contributed by atoms with van der Waals surface area (Å²) in [5.74, 6) is -1.02. The maximum atomic E-state index is 11.8. The number of ketones is 1. The maximum Gasteiger partial charge on any atom is 0.333 e. The predicted octanol–water partition coefficient (Wildman–Crippen LogP) is 2.09. The molecule has 0 bridgehead atoms. The smallest absolute Gasteiger partial charge is 0.330 e. The van der Waals surface area contributed by atoms with E-state index >= 15 is 0 Å². The van der Waals surface area contributed by atoms with Crippen LogP contribution in [0.1, 0.15) is 51.4 Å². The highest BCUT2D eigenvalue weighted by molar-refractivity contribution is 7.99. The first-order valence-corrected chi connectivity index (χ1v) is 9.53. The summed E-state index contributed by atoms with van der Waals surface area (Å²) in [6.45, 7) is 0. The first-order chi connectivity index (χ1) is 12.6. The fraction of sp³-hybridized carbons (Fsp3) is 0.529. The fourth-order valence-corrected chi connectivity index (χ4v) is 3.03. The SMILES string of the molecule is O=C(CCCCCCC(=O)ON1C(=O)CCC1=O)CSc1ncccn1. The van der Waals surface area contributed by atoms with E-state index in [0.717, 1.165) is 19.3 Å². The van der Waals surface area contributed by atoms with Gasteiger partial charge in [-0.25, -0.2) is 14.8 Å². The topological polar surface area (TPSA) is 107 Å². The average Bonchev–Trinajstić information content (AvgIpc) is 2.95. The second kappa shape index (κ2) is 10.6. The van der Waals surface area contributed by atoms with Crippen molar-refractivity contribution in [3.8, 4) is 0 Å². The molecule has 1 fully saturated rings. The highest BCUT2D eigenvalue weighted by Gasteiger charge is 2.32. The fourth-order valence-electron chi connectivity index (χ4n) is 2.33. The van der Waals surface area contributed by atoms with E-state index in [0.29, 0.717) is 28.8 Å². The minimum absolute atomic E-state index is 0.0921. The number of imide groups is 1.